The van der Waals surface area contributed by atoms with Crippen LogP contribution in [0, 0.1) is 0 Å². The summed E-state index contributed by atoms with van der Waals surface area (Å²) < 4.78 is 0. The molecule has 0 bridgehead atoms. The summed E-state index contributed by atoms with van der Waals surface area (Å²) in [4.78, 5) is 7.90. The maximum Gasteiger partial charge on any atom is 0.111 e. The second-order valence-corrected chi connectivity index (χ2v) is 6.56. The molecule has 0 spiro atoms. The van der Waals surface area contributed by atoms with Crippen LogP contribution < -0.4 is 0 Å². The number of hydrogen-bond donors (Lipinski definition) is 1. The summed E-state index contributed by atoms with van der Waals surface area (Å²) in [7, 11) is 0. The summed E-state index contributed by atoms with van der Waals surface area (Å²) >= 11 is 12.2. The predicted octanol–water partition coefficient (Wildman–Crippen LogP) is 6.13. The van der Waals surface area contributed by atoms with Gasteiger partial charge in [-0.25, -0.2) is 4.98 Å². The third-order valence-electron chi connectivity index (χ3n) is 4.02. The zero-order valence-electron chi connectivity index (χ0n) is 12.8. The highest BCUT2D eigenvalue weighted by molar-refractivity contribution is 6.36. The van der Waals surface area contributed by atoms with E-state index in [0.717, 1.165) is 23.5 Å². The summed E-state index contributed by atoms with van der Waals surface area (Å²) in [5, 5.41) is 3.71. The van der Waals surface area contributed by atoms with E-state index in [2.05, 4.69) is 52.4 Å². The van der Waals surface area contributed by atoms with Crippen LogP contribution in [0.4, 0.5) is 0 Å². The predicted molar refractivity (Wildman–Crippen MR) is 101 cm³/mol. The number of nitrogens with one attached hydrogen (secondary N) is 1. The first kappa shape index (κ1) is 15.3. The molecule has 0 fully saturated rings. The largest absolute Gasteiger partial charge is 0.348 e. The SMILES string of the molecule is Clc1ccc(-c2c[nH]c(Cc3ccc4ccccc4c3)n2)c(Cl)c1. The van der Waals surface area contributed by atoms with E-state index in [9.17, 15) is 0 Å². The van der Waals surface area contributed by atoms with Crippen molar-refractivity contribution in [3.63, 3.8) is 0 Å². The fourth-order valence-corrected chi connectivity index (χ4v) is 3.33. The number of fused-ring (bicyclic) bond motifs is 1. The zero-order valence-corrected chi connectivity index (χ0v) is 14.3. The lowest BCUT2D eigenvalue weighted by Crippen LogP contribution is -1.91. The van der Waals surface area contributed by atoms with Crippen LogP contribution in [0.1, 0.15) is 11.4 Å². The Balaban J connectivity index is 1.62. The van der Waals surface area contributed by atoms with Gasteiger partial charge >= 0.3 is 0 Å². The Labute approximate surface area is 150 Å². The lowest BCUT2D eigenvalue weighted by atomic mass is 10.1. The Morgan fingerprint density at radius 3 is 2.54 bits per heavy atom. The van der Waals surface area contributed by atoms with Gasteiger partial charge in [-0.2, -0.15) is 0 Å². The molecule has 0 atom stereocenters. The fraction of sp³-hybridized carbons (Fsp3) is 0.0500. The fourth-order valence-electron chi connectivity index (χ4n) is 2.83. The minimum absolute atomic E-state index is 0.603. The summed E-state index contributed by atoms with van der Waals surface area (Å²) in [6.07, 6.45) is 2.63. The molecule has 4 heteroatoms. The molecular weight excluding hydrogens is 339 g/mol. The Morgan fingerprint density at radius 2 is 1.71 bits per heavy atom. The Morgan fingerprint density at radius 1 is 0.875 bits per heavy atom. The first-order valence-electron chi connectivity index (χ1n) is 7.66. The van der Waals surface area contributed by atoms with Gasteiger partial charge in [-0.15, -0.1) is 0 Å². The molecule has 0 saturated heterocycles. The molecule has 3 aromatic carbocycles. The number of hydrogen-bond acceptors (Lipinski definition) is 1. The van der Waals surface area contributed by atoms with Crippen molar-refractivity contribution in [2.75, 3.05) is 0 Å². The molecule has 4 rings (SSSR count). The zero-order chi connectivity index (χ0) is 16.5. The van der Waals surface area contributed by atoms with E-state index in [4.69, 9.17) is 23.2 Å². The molecule has 0 aliphatic carbocycles. The number of aromatic nitrogens is 2. The van der Waals surface area contributed by atoms with Gasteiger partial charge in [0.2, 0.25) is 0 Å². The van der Waals surface area contributed by atoms with Crippen molar-refractivity contribution >= 4 is 34.0 Å². The van der Waals surface area contributed by atoms with E-state index >= 15 is 0 Å². The molecule has 24 heavy (non-hydrogen) atoms. The number of nitrogens with zero attached hydrogens (tertiary/aromatic N) is 1. The van der Waals surface area contributed by atoms with Gasteiger partial charge in [0, 0.05) is 23.2 Å². The highest BCUT2D eigenvalue weighted by atomic mass is 35.5. The molecule has 1 N–H and O–H groups in total. The van der Waals surface area contributed by atoms with Gasteiger partial charge in [-0.3, -0.25) is 0 Å². The van der Waals surface area contributed by atoms with Gasteiger partial charge in [-0.05, 0) is 34.5 Å². The second-order valence-electron chi connectivity index (χ2n) is 5.71. The van der Waals surface area contributed by atoms with Crippen LogP contribution in [0.5, 0.6) is 0 Å². The number of rotatable bonds is 3. The molecular formula is C20H14Cl2N2. The molecule has 0 saturated carbocycles. The van der Waals surface area contributed by atoms with Crippen molar-refractivity contribution < 1.29 is 0 Å². The van der Waals surface area contributed by atoms with Crippen LogP contribution in [-0.2, 0) is 6.42 Å². The van der Waals surface area contributed by atoms with Crippen LogP contribution in [-0.4, -0.2) is 9.97 Å². The second kappa shape index (κ2) is 6.31. The lowest BCUT2D eigenvalue weighted by Gasteiger charge is -2.02. The van der Waals surface area contributed by atoms with Crippen molar-refractivity contribution in [1.82, 2.24) is 9.97 Å². The number of aromatic amines is 1. The third-order valence-corrected chi connectivity index (χ3v) is 4.57. The van der Waals surface area contributed by atoms with Crippen LogP contribution in [0.2, 0.25) is 10.0 Å². The van der Waals surface area contributed by atoms with E-state index in [1.165, 1.54) is 16.3 Å². The Bertz CT molecular complexity index is 1020. The molecule has 4 aromatic rings. The van der Waals surface area contributed by atoms with Gasteiger partial charge < -0.3 is 4.98 Å². The third kappa shape index (κ3) is 3.03. The summed E-state index contributed by atoms with van der Waals surface area (Å²) in [5.41, 5.74) is 2.92. The van der Waals surface area contributed by atoms with Crippen LogP contribution in [0.25, 0.3) is 22.0 Å². The topological polar surface area (TPSA) is 28.7 Å². The molecule has 1 heterocycles. The monoisotopic (exact) mass is 352 g/mol. The first-order valence-corrected chi connectivity index (χ1v) is 8.42. The summed E-state index contributed by atoms with van der Waals surface area (Å²) in [6, 6.07) is 20.3. The maximum atomic E-state index is 6.26. The maximum absolute atomic E-state index is 6.26. The molecule has 0 unspecified atom stereocenters. The minimum Gasteiger partial charge on any atom is -0.348 e. The lowest BCUT2D eigenvalue weighted by molar-refractivity contribution is 1.03. The molecule has 2 nitrogen and oxygen atoms in total. The normalized spacial score (nSPS) is 11.1. The number of halogens is 2. The van der Waals surface area contributed by atoms with Gasteiger partial charge in [0.05, 0.1) is 10.7 Å². The van der Waals surface area contributed by atoms with Gasteiger partial charge in [-0.1, -0.05) is 65.7 Å². The van der Waals surface area contributed by atoms with Gasteiger partial charge in [0.1, 0.15) is 5.82 Å². The van der Waals surface area contributed by atoms with Crippen LogP contribution in [0.3, 0.4) is 0 Å². The molecule has 118 valence electrons. The van der Waals surface area contributed by atoms with E-state index in [0.29, 0.717) is 10.0 Å². The average molecular weight is 353 g/mol. The molecule has 0 radical (unpaired) electrons. The molecule has 0 aliphatic rings. The van der Waals surface area contributed by atoms with Crippen molar-refractivity contribution in [2.45, 2.75) is 6.42 Å². The smallest absolute Gasteiger partial charge is 0.111 e. The van der Waals surface area contributed by atoms with E-state index < -0.39 is 0 Å². The van der Waals surface area contributed by atoms with Crippen LogP contribution in [0.15, 0.2) is 66.9 Å². The van der Waals surface area contributed by atoms with E-state index in [1.54, 1.807) is 6.07 Å². The highest BCUT2D eigenvalue weighted by Gasteiger charge is 2.09. The van der Waals surface area contributed by atoms with Crippen molar-refractivity contribution in [2.24, 2.45) is 0 Å². The molecule has 1 aromatic heterocycles. The standard InChI is InChI=1S/C20H14Cl2N2/c21-16-7-8-17(18(22)11-16)19-12-23-20(24-19)10-13-5-6-14-3-1-2-4-15(14)9-13/h1-9,11-12H,10H2,(H,23,24). The Kier molecular flexibility index (Phi) is 4.01. The van der Waals surface area contributed by atoms with Crippen molar-refractivity contribution in [3.05, 3.63) is 88.3 Å². The number of imidazole rings is 1. The van der Waals surface area contributed by atoms with Crippen molar-refractivity contribution in [3.8, 4) is 11.3 Å². The average Bonchev–Trinajstić information content (AvgIpc) is 3.03. The van der Waals surface area contributed by atoms with E-state index in [-0.39, 0.29) is 0 Å². The minimum atomic E-state index is 0.603. The summed E-state index contributed by atoms with van der Waals surface area (Å²) in [5.74, 6) is 0.909. The van der Waals surface area contributed by atoms with Gasteiger partial charge in [0.15, 0.2) is 0 Å². The quantitative estimate of drug-likeness (QED) is 0.472. The number of H-pyrrole nitrogens is 1. The number of benzene rings is 3. The van der Waals surface area contributed by atoms with Gasteiger partial charge in [0.25, 0.3) is 0 Å². The first-order chi connectivity index (χ1) is 11.7. The Hall–Kier alpha value is -2.29. The summed E-state index contributed by atoms with van der Waals surface area (Å²) in [6.45, 7) is 0. The molecule has 0 amide bonds. The van der Waals surface area contributed by atoms with Crippen LogP contribution >= 0.6 is 23.2 Å². The molecule has 0 aliphatic heterocycles. The van der Waals surface area contributed by atoms with Crippen molar-refractivity contribution in [1.29, 1.82) is 0 Å². The highest BCUT2D eigenvalue weighted by Crippen LogP contribution is 2.29. The van der Waals surface area contributed by atoms with E-state index in [1.807, 2.05) is 18.3 Å².